The largest absolute Gasteiger partial charge is 0.478 e. The first-order valence-corrected chi connectivity index (χ1v) is 14.5. The van der Waals surface area contributed by atoms with Crippen molar-refractivity contribution in [3.05, 3.63) is 82.3 Å². The smallest absolute Gasteiger partial charge is 0.407 e. The maximum atomic E-state index is 12.5. The monoisotopic (exact) mass is 576 g/mol. The van der Waals surface area contributed by atoms with Gasteiger partial charge in [0, 0.05) is 47.2 Å². The molecule has 1 saturated carbocycles. The Balaban J connectivity index is 1.30. The van der Waals surface area contributed by atoms with E-state index in [2.05, 4.69) is 26.3 Å². The minimum atomic E-state index is -0.951. The van der Waals surface area contributed by atoms with Gasteiger partial charge in [-0.3, -0.25) is 4.90 Å². The number of carboxylic acid groups (broad SMARTS) is 1. The quantitative estimate of drug-likeness (QED) is 0.357. The number of hydrogen-bond donors (Lipinski definition) is 2. The summed E-state index contributed by atoms with van der Waals surface area (Å²) in [5.41, 5.74) is 4.32. The number of fused-ring (bicyclic) bond motifs is 1. The van der Waals surface area contributed by atoms with E-state index in [9.17, 15) is 14.7 Å². The second-order valence-corrected chi connectivity index (χ2v) is 12.6. The van der Waals surface area contributed by atoms with Gasteiger partial charge in [-0.2, -0.15) is 0 Å². The topological polar surface area (TPSA) is 105 Å². The summed E-state index contributed by atoms with van der Waals surface area (Å²) in [7, 11) is 0. The number of nitrogens with one attached hydrogen (secondary N) is 1. The van der Waals surface area contributed by atoms with E-state index in [-0.39, 0.29) is 11.0 Å². The van der Waals surface area contributed by atoms with Crippen LogP contribution in [0.1, 0.15) is 73.6 Å². The standard InChI is InChI=1S/C32H37ClN4O4/c1-31(2,3)41-30(40)34-19-32(23-8-5-9-24(33)17-23)13-10-25(11-14-32)37-15-12-26-27(18-37)35-20-36-28(26)21-6-4-7-22(16-21)29(38)39/h4-9,16-17,20,25H,10-15,18-19H2,1-3H3,(H,34,40)(H,38,39). The predicted molar refractivity (Wildman–Crippen MR) is 158 cm³/mol. The third kappa shape index (κ3) is 6.71. The van der Waals surface area contributed by atoms with Crippen LogP contribution in [0.25, 0.3) is 11.3 Å². The normalized spacial score (nSPS) is 21.1. The summed E-state index contributed by atoms with van der Waals surface area (Å²) in [4.78, 5) is 35.7. The fourth-order valence-corrected chi connectivity index (χ4v) is 6.39. The Hall–Kier alpha value is -3.49. The van der Waals surface area contributed by atoms with Crippen molar-refractivity contribution in [2.75, 3.05) is 13.1 Å². The first-order valence-electron chi connectivity index (χ1n) is 14.2. The fourth-order valence-electron chi connectivity index (χ4n) is 6.20. The van der Waals surface area contributed by atoms with Gasteiger partial charge >= 0.3 is 12.1 Å². The Labute approximate surface area is 246 Å². The van der Waals surface area contributed by atoms with E-state index in [1.807, 2.05) is 45.0 Å². The molecule has 0 bridgehead atoms. The van der Waals surface area contributed by atoms with Crippen molar-refractivity contribution in [1.82, 2.24) is 20.2 Å². The van der Waals surface area contributed by atoms with E-state index in [1.54, 1.807) is 24.5 Å². The fraction of sp³-hybridized carbons (Fsp3) is 0.438. The van der Waals surface area contributed by atoms with Crippen LogP contribution in [0.2, 0.25) is 5.02 Å². The lowest BCUT2D eigenvalue weighted by molar-refractivity contribution is 0.0493. The molecule has 216 valence electrons. The number of nitrogens with zero attached hydrogens (tertiary/aromatic N) is 3. The van der Waals surface area contributed by atoms with Crippen molar-refractivity contribution in [3.8, 4) is 11.3 Å². The molecular weight excluding hydrogens is 540 g/mol. The number of carboxylic acids is 1. The molecule has 0 radical (unpaired) electrons. The van der Waals surface area contributed by atoms with Gasteiger partial charge in [-0.15, -0.1) is 0 Å². The summed E-state index contributed by atoms with van der Waals surface area (Å²) in [5, 5.41) is 13.2. The summed E-state index contributed by atoms with van der Waals surface area (Å²) < 4.78 is 5.52. The summed E-state index contributed by atoms with van der Waals surface area (Å²) in [6.45, 7) is 7.70. The number of aromatic carboxylic acids is 1. The number of amides is 1. The molecule has 2 heterocycles. The highest BCUT2D eigenvalue weighted by atomic mass is 35.5. The second kappa shape index (κ2) is 11.8. The van der Waals surface area contributed by atoms with Crippen LogP contribution in [0.15, 0.2) is 54.9 Å². The van der Waals surface area contributed by atoms with Gasteiger partial charge in [0.2, 0.25) is 0 Å². The van der Waals surface area contributed by atoms with Crippen molar-refractivity contribution in [3.63, 3.8) is 0 Å². The zero-order valence-electron chi connectivity index (χ0n) is 23.8. The first-order chi connectivity index (χ1) is 19.5. The van der Waals surface area contributed by atoms with Gasteiger partial charge in [0.15, 0.2) is 0 Å². The molecule has 0 spiro atoms. The van der Waals surface area contributed by atoms with Gasteiger partial charge in [-0.25, -0.2) is 19.6 Å². The maximum Gasteiger partial charge on any atom is 0.407 e. The Morgan fingerprint density at radius 1 is 1.12 bits per heavy atom. The molecule has 5 rings (SSSR count). The minimum absolute atomic E-state index is 0.226. The zero-order valence-corrected chi connectivity index (χ0v) is 24.6. The van der Waals surface area contributed by atoms with Crippen LogP contribution >= 0.6 is 11.6 Å². The number of rotatable bonds is 6. The molecule has 0 saturated heterocycles. The van der Waals surface area contributed by atoms with Crippen molar-refractivity contribution in [1.29, 1.82) is 0 Å². The number of ether oxygens (including phenoxy) is 1. The molecule has 2 aliphatic rings. The van der Waals surface area contributed by atoms with Gasteiger partial charge in [0.05, 0.1) is 17.0 Å². The maximum absolute atomic E-state index is 12.5. The van der Waals surface area contributed by atoms with E-state index in [4.69, 9.17) is 16.3 Å². The highest BCUT2D eigenvalue weighted by Crippen LogP contribution is 2.42. The third-order valence-electron chi connectivity index (χ3n) is 8.26. The number of alkyl carbamates (subject to hydrolysis) is 1. The molecule has 41 heavy (non-hydrogen) atoms. The van der Waals surface area contributed by atoms with Gasteiger partial charge in [-0.1, -0.05) is 35.9 Å². The highest BCUT2D eigenvalue weighted by Gasteiger charge is 2.40. The van der Waals surface area contributed by atoms with Crippen molar-refractivity contribution in [2.45, 2.75) is 76.5 Å². The lowest BCUT2D eigenvalue weighted by Gasteiger charge is -2.45. The molecule has 1 aromatic heterocycles. The third-order valence-corrected chi connectivity index (χ3v) is 8.49. The molecule has 9 heteroatoms. The number of aromatic nitrogens is 2. The van der Waals surface area contributed by atoms with Gasteiger partial charge in [-0.05, 0) is 82.7 Å². The van der Waals surface area contributed by atoms with E-state index < -0.39 is 17.7 Å². The predicted octanol–water partition coefficient (Wildman–Crippen LogP) is 6.26. The molecule has 8 nitrogen and oxygen atoms in total. The summed E-state index contributed by atoms with van der Waals surface area (Å²) in [6, 6.07) is 15.3. The molecule has 3 aromatic rings. The van der Waals surface area contributed by atoms with Gasteiger partial charge < -0.3 is 15.2 Å². The van der Waals surface area contributed by atoms with E-state index in [0.29, 0.717) is 17.6 Å². The Bertz CT molecular complexity index is 1430. The average molecular weight is 577 g/mol. The SMILES string of the molecule is CC(C)(C)OC(=O)NCC1(c2cccc(Cl)c2)CCC(N2CCc3c(ncnc3-c3cccc(C(=O)O)c3)C2)CC1. The average Bonchev–Trinajstić information content (AvgIpc) is 2.95. The second-order valence-electron chi connectivity index (χ2n) is 12.1. The van der Waals surface area contributed by atoms with E-state index in [1.165, 1.54) is 0 Å². The molecule has 1 fully saturated rings. The van der Waals surface area contributed by atoms with Crippen LogP contribution in [0.5, 0.6) is 0 Å². The first kappa shape index (κ1) is 29.0. The Morgan fingerprint density at radius 3 is 2.59 bits per heavy atom. The molecular formula is C32H37ClN4O4. The molecule has 0 unspecified atom stereocenters. The number of carbonyl (C=O) groups excluding carboxylic acids is 1. The van der Waals surface area contributed by atoms with Crippen molar-refractivity contribution >= 4 is 23.7 Å². The minimum Gasteiger partial charge on any atom is -0.478 e. The van der Waals surface area contributed by atoms with Crippen LogP contribution in [0, 0.1) is 0 Å². The molecule has 2 aromatic carbocycles. The zero-order chi connectivity index (χ0) is 29.2. The molecule has 2 N–H and O–H groups in total. The lowest BCUT2D eigenvalue weighted by atomic mass is 9.67. The molecule has 1 aliphatic heterocycles. The number of benzene rings is 2. The summed E-state index contributed by atoms with van der Waals surface area (Å²) >= 11 is 6.39. The summed E-state index contributed by atoms with van der Waals surface area (Å²) in [6.07, 6.45) is 5.77. The number of halogens is 1. The van der Waals surface area contributed by atoms with Crippen LogP contribution in [0.3, 0.4) is 0 Å². The van der Waals surface area contributed by atoms with Crippen LogP contribution in [-0.4, -0.2) is 56.8 Å². The molecule has 1 aliphatic carbocycles. The Morgan fingerprint density at radius 2 is 1.88 bits per heavy atom. The number of carbonyl (C=O) groups is 2. The summed E-state index contributed by atoms with van der Waals surface area (Å²) in [5.74, 6) is -0.951. The highest BCUT2D eigenvalue weighted by molar-refractivity contribution is 6.30. The van der Waals surface area contributed by atoms with Gasteiger partial charge in [0.25, 0.3) is 0 Å². The van der Waals surface area contributed by atoms with Crippen molar-refractivity contribution in [2.24, 2.45) is 0 Å². The number of hydrogen-bond acceptors (Lipinski definition) is 6. The lowest BCUT2D eigenvalue weighted by Crippen LogP contribution is -2.49. The molecule has 1 amide bonds. The van der Waals surface area contributed by atoms with E-state index >= 15 is 0 Å². The molecule has 0 atom stereocenters. The van der Waals surface area contributed by atoms with Crippen molar-refractivity contribution < 1.29 is 19.4 Å². The Kier molecular flexibility index (Phi) is 8.34. The van der Waals surface area contributed by atoms with Gasteiger partial charge in [0.1, 0.15) is 11.9 Å². The van der Waals surface area contributed by atoms with Crippen LogP contribution in [0.4, 0.5) is 4.79 Å². The van der Waals surface area contributed by atoms with Crippen LogP contribution in [-0.2, 0) is 23.1 Å². The van der Waals surface area contributed by atoms with E-state index in [0.717, 1.165) is 73.3 Å². The van der Waals surface area contributed by atoms with Crippen LogP contribution < -0.4 is 5.32 Å².